The zero-order chi connectivity index (χ0) is 11.7. The Balaban J connectivity index is 1.93. The first-order valence-corrected chi connectivity index (χ1v) is 5.57. The van der Waals surface area contributed by atoms with Gasteiger partial charge in [-0.3, -0.25) is 9.55 Å². The first kappa shape index (κ1) is 10.5. The number of aromatic nitrogens is 3. The molecule has 0 aromatic carbocycles. The number of rotatable bonds is 2. The highest BCUT2D eigenvalue weighted by molar-refractivity contribution is 5.70. The summed E-state index contributed by atoms with van der Waals surface area (Å²) in [4.78, 5) is 18.6. The Kier molecular flexibility index (Phi) is 2.66. The normalized spacial score (nSPS) is 20.8. The van der Waals surface area contributed by atoms with Crippen molar-refractivity contribution in [2.75, 3.05) is 19.8 Å². The highest BCUT2D eigenvalue weighted by atomic mass is 16.6. The molecule has 1 saturated heterocycles. The zero-order valence-corrected chi connectivity index (χ0v) is 9.26. The van der Waals surface area contributed by atoms with Crippen molar-refractivity contribution in [1.82, 2.24) is 14.5 Å². The molecule has 0 spiro atoms. The first-order valence-electron chi connectivity index (χ1n) is 5.57. The number of fused-ring (bicyclic) bond motifs is 1. The second-order valence-electron chi connectivity index (χ2n) is 3.98. The van der Waals surface area contributed by atoms with Crippen LogP contribution < -0.4 is 5.69 Å². The average Bonchev–Trinajstić information content (AvgIpc) is 2.68. The molecular formula is C11H13N3O3. The summed E-state index contributed by atoms with van der Waals surface area (Å²) < 4.78 is 12.5. The lowest BCUT2D eigenvalue weighted by molar-refractivity contribution is -0.0934. The second-order valence-corrected chi connectivity index (χ2v) is 3.98. The molecular weight excluding hydrogens is 222 g/mol. The van der Waals surface area contributed by atoms with Gasteiger partial charge in [0.05, 0.1) is 38.0 Å². The summed E-state index contributed by atoms with van der Waals surface area (Å²) in [6, 6.07) is 3.67. The summed E-state index contributed by atoms with van der Waals surface area (Å²) in [6.07, 6.45) is 1.59. The van der Waals surface area contributed by atoms with E-state index in [4.69, 9.17) is 9.47 Å². The average molecular weight is 235 g/mol. The van der Waals surface area contributed by atoms with Crippen LogP contribution in [-0.4, -0.2) is 40.5 Å². The highest BCUT2D eigenvalue weighted by Crippen LogP contribution is 2.09. The summed E-state index contributed by atoms with van der Waals surface area (Å²) in [7, 11) is 0. The highest BCUT2D eigenvalue weighted by Gasteiger charge is 2.17. The predicted molar refractivity (Wildman–Crippen MR) is 60.9 cm³/mol. The molecule has 1 N–H and O–H groups in total. The smallest absolute Gasteiger partial charge is 0.327 e. The van der Waals surface area contributed by atoms with Gasteiger partial charge >= 0.3 is 5.69 Å². The molecule has 1 aliphatic heterocycles. The van der Waals surface area contributed by atoms with Crippen molar-refractivity contribution in [3.05, 3.63) is 28.8 Å². The van der Waals surface area contributed by atoms with Crippen molar-refractivity contribution in [1.29, 1.82) is 0 Å². The Hall–Kier alpha value is -1.66. The predicted octanol–water partition coefficient (Wildman–Crippen LogP) is 0.140. The fourth-order valence-corrected chi connectivity index (χ4v) is 2.02. The van der Waals surface area contributed by atoms with Gasteiger partial charge in [-0.25, -0.2) is 9.78 Å². The molecule has 2 aromatic rings. The molecule has 17 heavy (non-hydrogen) atoms. The van der Waals surface area contributed by atoms with Gasteiger partial charge in [-0.15, -0.1) is 0 Å². The van der Waals surface area contributed by atoms with Crippen LogP contribution in [0.15, 0.2) is 23.1 Å². The number of hydrogen-bond acceptors (Lipinski definition) is 4. The molecule has 0 radical (unpaired) electrons. The zero-order valence-electron chi connectivity index (χ0n) is 9.26. The largest absolute Gasteiger partial charge is 0.376 e. The number of hydrogen-bond donors (Lipinski definition) is 1. The fraction of sp³-hybridized carbons (Fsp3) is 0.455. The van der Waals surface area contributed by atoms with E-state index in [0.29, 0.717) is 32.0 Å². The Morgan fingerprint density at radius 1 is 1.53 bits per heavy atom. The summed E-state index contributed by atoms with van der Waals surface area (Å²) in [6.45, 7) is 2.23. The van der Waals surface area contributed by atoms with Crippen molar-refractivity contribution < 1.29 is 9.47 Å². The van der Waals surface area contributed by atoms with Crippen molar-refractivity contribution in [3.8, 4) is 0 Å². The maximum absolute atomic E-state index is 11.8. The van der Waals surface area contributed by atoms with Crippen LogP contribution >= 0.6 is 0 Å². The van der Waals surface area contributed by atoms with Gasteiger partial charge in [0.25, 0.3) is 0 Å². The van der Waals surface area contributed by atoms with Crippen molar-refractivity contribution >= 4 is 11.2 Å². The van der Waals surface area contributed by atoms with E-state index in [1.54, 1.807) is 10.8 Å². The third-order valence-electron chi connectivity index (χ3n) is 2.82. The van der Waals surface area contributed by atoms with Gasteiger partial charge in [0, 0.05) is 6.20 Å². The third-order valence-corrected chi connectivity index (χ3v) is 2.82. The number of ether oxygens (including phenoxy) is 2. The number of nitrogens with zero attached hydrogens (tertiary/aromatic N) is 2. The molecule has 3 rings (SSSR count). The van der Waals surface area contributed by atoms with E-state index in [1.165, 1.54) is 0 Å². The van der Waals surface area contributed by atoms with E-state index in [9.17, 15) is 4.79 Å². The van der Waals surface area contributed by atoms with Crippen LogP contribution in [0.4, 0.5) is 0 Å². The molecule has 0 amide bonds. The van der Waals surface area contributed by atoms with Crippen LogP contribution in [0.1, 0.15) is 0 Å². The molecule has 0 bridgehead atoms. The number of aromatic amines is 1. The standard InChI is InChI=1S/C11H13N3O3/c15-11-13-10-9(2-1-3-12-10)14(11)6-8-7-16-4-5-17-8/h1-3,8H,4-7H2,(H,12,13,15)/t8-/m1/s1. The van der Waals surface area contributed by atoms with Crippen LogP contribution in [0, 0.1) is 0 Å². The SMILES string of the molecule is O=c1[nH]c2ncccc2n1C[C@@H]1COCCO1. The fourth-order valence-electron chi connectivity index (χ4n) is 2.02. The van der Waals surface area contributed by atoms with Gasteiger partial charge in [0.15, 0.2) is 5.65 Å². The molecule has 2 aromatic heterocycles. The second kappa shape index (κ2) is 4.31. The molecule has 0 aliphatic carbocycles. The third kappa shape index (κ3) is 1.96. The monoisotopic (exact) mass is 235 g/mol. The molecule has 1 fully saturated rings. The van der Waals surface area contributed by atoms with Crippen LogP contribution in [0.3, 0.4) is 0 Å². The van der Waals surface area contributed by atoms with E-state index in [1.807, 2.05) is 12.1 Å². The Bertz CT molecular complexity index is 569. The van der Waals surface area contributed by atoms with Gasteiger partial charge in [0.1, 0.15) is 0 Å². The van der Waals surface area contributed by atoms with E-state index in [0.717, 1.165) is 5.52 Å². The maximum Gasteiger partial charge on any atom is 0.327 e. The maximum atomic E-state index is 11.8. The Morgan fingerprint density at radius 2 is 2.47 bits per heavy atom. The van der Waals surface area contributed by atoms with Crippen LogP contribution in [0.25, 0.3) is 11.2 Å². The van der Waals surface area contributed by atoms with Crippen molar-refractivity contribution in [3.63, 3.8) is 0 Å². The number of nitrogens with one attached hydrogen (secondary N) is 1. The van der Waals surface area contributed by atoms with Gasteiger partial charge in [-0.05, 0) is 12.1 Å². The van der Waals surface area contributed by atoms with Crippen molar-refractivity contribution in [2.24, 2.45) is 0 Å². The number of pyridine rings is 1. The van der Waals surface area contributed by atoms with Gasteiger partial charge < -0.3 is 9.47 Å². The molecule has 0 saturated carbocycles. The van der Waals surface area contributed by atoms with E-state index in [-0.39, 0.29) is 11.8 Å². The minimum atomic E-state index is -0.159. The number of imidazole rings is 1. The van der Waals surface area contributed by atoms with Crippen LogP contribution in [-0.2, 0) is 16.0 Å². The van der Waals surface area contributed by atoms with Gasteiger partial charge in [0.2, 0.25) is 0 Å². The van der Waals surface area contributed by atoms with E-state index in [2.05, 4.69) is 9.97 Å². The minimum Gasteiger partial charge on any atom is -0.376 e. The molecule has 6 nitrogen and oxygen atoms in total. The summed E-state index contributed by atoms with van der Waals surface area (Å²) in [5.74, 6) is 0. The van der Waals surface area contributed by atoms with E-state index >= 15 is 0 Å². The van der Waals surface area contributed by atoms with Gasteiger partial charge in [-0.2, -0.15) is 0 Å². The lowest BCUT2D eigenvalue weighted by Crippen LogP contribution is -2.34. The summed E-state index contributed by atoms with van der Waals surface area (Å²) in [5, 5.41) is 0. The lowest BCUT2D eigenvalue weighted by Gasteiger charge is -2.23. The molecule has 0 unspecified atom stereocenters. The molecule has 1 atom stereocenters. The first-order chi connectivity index (χ1) is 8.34. The van der Waals surface area contributed by atoms with Gasteiger partial charge in [-0.1, -0.05) is 0 Å². The lowest BCUT2D eigenvalue weighted by atomic mass is 10.3. The van der Waals surface area contributed by atoms with Crippen LogP contribution in [0.2, 0.25) is 0 Å². The number of H-pyrrole nitrogens is 1. The van der Waals surface area contributed by atoms with Crippen LogP contribution in [0.5, 0.6) is 0 Å². The summed E-state index contributed by atoms with van der Waals surface area (Å²) >= 11 is 0. The molecule has 3 heterocycles. The molecule has 1 aliphatic rings. The quantitative estimate of drug-likeness (QED) is 0.804. The topological polar surface area (TPSA) is 69.1 Å². The Morgan fingerprint density at radius 3 is 3.29 bits per heavy atom. The molecule has 6 heteroatoms. The summed E-state index contributed by atoms with van der Waals surface area (Å²) in [5.41, 5.74) is 1.24. The Labute approximate surface area is 97.2 Å². The minimum absolute atomic E-state index is 0.0688. The van der Waals surface area contributed by atoms with Crippen molar-refractivity contribution in [2.45, 2.75) is 12.6 Å². The molecule has 90 valence electrons. The van der Waals surface area contributed by atoms with E-state index < -0.39 is 0 Å².